The zero-order valence-electron chi connectivity index (χ0n) is 9.70. The van der Waals surface area contributed by atoms with Crippen LogP contribution in [0.1, 0.15) is 18.3 Å². The molecule has 1 rings (SSSR count). The van der Waals surface area contributed by atoms with Crippen LogP contribution >= 0.6 is 23.4 Å². The van der Waals surface area contributed by atoms with Gasteiger partial charge in [-0.3, -0.25) is 10.1 Å². The maximum atomic E-state index is 7.52. The fourth-order valence-corrected chi connectivity index (χ4v) is 2.31. The molecule has 0 bridgehead atoms. The number of hydrogen-bond donors (Lipinski definition) is 3. The molecule has 6 nitrogen and oxygen atoms in total. The predicted octanol–water partition coefficient (Wildman–Crippen LogP) is 1.31. The summed E-state index contributed by atoms with van der Waals surface area (Å²) in [5, 5.41) is 12.5. The Morgan fingerprint density at radius 3 is 2.76 bits per heavy atom. The number of rotatable bonds is 3. The molecular weight excluding hydrogens is 260 g/mol. The van der Waals surface area contributed by atoms with Crippen LogP contribution in [0.3, 0.4) is 0 Å². The second kappa shape index (κ2) is 5.92. The number of guanidine groups is 1. The summed E-state index contributed by atoms with van der Waals surface area (Å²) in [6.07, 6.45) is 0. The zero-order valence-corrected chi connectivity index (χ0v) is 11.3. The van der Waals surface area contributed by atoms with Gasteiger partial charge in [0.2, 0.25) is 0 Å². The van der Waals surface area contributed by atoms with Gasteiger partial charge in [-0.15, -0.1) is 0 Å². The molecule has 0 unspecified atom stereocenters. The van der Waals surface area contributed by atoms with Crippen LogP contribution in [0.4, 0.5) is 0 Å². The third-order valence-corrected chi connectivity index (χ3v) is 3.30. The van der Waals surface area contributed by atoms with Gasteiger partial charge in [0.1, 0.15) is 0 Å². The van der Waals surface area contributed by atoms with E-state index in [2.05, 4.69) is 10.1 Å². The van der Waals surface area contributed by atoms with Gasteiger partial charge in [-0.2, -0.15) is 10.1 Å². The number of nitrogens with zero attached hydrogens (tertiary/aromatic N) is 3. The molecule has 0 aromatic carbocycles. The van der Waals surface area contributed by atoms with Crippen LogP contribution in [-0.2, 0) is 12.3 Å². The van der Waals surface area contributed by atoms with Crippen LogP contribution in [0.5, 0.6) is 0 Å². The molecule has 0 aliphatic heterocycles. The molecule has 5 N–H and O–H groups in total. The third kappa shape index (κ3) is 3.64. The minimum absolute atomic E-state index is 0.0579. The highest BCUT2D eigenvalue weighted by atomic mass is 35.5. The maximum Gasteiger partial charge on any atom is 0.193 e. The topological polar surface area (TPSA) is 106 Å². The molecule has 8 heteroatoms. The first-order valence-corrected chi connectivity index (χ1v) is 6.34. The molecule has 17 heavy (non-hydrogen) atoms. The first kappa shape index (κ1) is 13.9. The van der Waals surface area contributed by atoms with Crippen molar-refractivity contribution in [1.82, 2.24) is 9.78 Å². The van der Waals surface area contributed by atoms with Crippen LogP contribution in [0.2, 0.25) is 5.02 Å². The molecule has 94 valence electrons. The summed E-state index contributed by atoms with van der Waals surface area (Å²) in [6, 6.07) is 0. The van der Waals surface area contributed by atoms with E-state index in [0.717, 1.165) is 17.9 Å². The SMILES string of the molecule is CCn1nc(C)c(Cl)c1CSC(=N)N=C(N)N. The van der Waals surface area contributed by atoms with Crippen molar-refractivity contribution in [2.75, 3.05) is 0 Å². The number of aliphatic imine (C=N–C) groups is 1. The van der Waals surface area contributed by atoms with E-state index >= 15 is 0 Å². The molecule has 0 saturated carbocycles. The minimum atomic E-state index is -0.117. The van der Waals surface area contributed by atoms with Gasteiger partial charge in [0.25, 0.3) is 0 Å². The Labute approximate surface area is 109 Å². The predicted molar refractivity (Wildman–Crippen MR) is 72.5 cm³/mol. The van der Waals surface area contributed by atoms with Gasteiger partial charge in [-0.05, 0) is 13.8 Å². The van der Waals surface area contributed by atoms with E-state index < -0.39 is 0 Å². The van der Waals surface area contributed by atoms with Gasteiger partial charge >= 0.3 is 0 Å². The first-order valence-electron chi connectivity index (χ1n) is 4.98. The Balaban J connectivity index is 2.75. The Hall–Kier alpha value is -1.21. The van der Waals surface area contributed by atoms with Crippen molar-refractivity contribution in [1.29, 1.82) is 5.41 Å². The number of halogens is 1. The number of aromatic nitrogens is 2. The summed E-state index contributed by atoms with van der Waals surface area (Å²) in [5.41, 5.74) is 12.0. The highest BCUT2D eigenvalue weighted by Crippen LogP contribution is 2.24. The largest absolute Gasteiger partial charge is 0.370 e. The molecule has 0 aliphatic rings. The summed E-state index contributed by atoms with van der Waals surface area (Å²) in [6.45, 7) is 4.57. The number of aryl methyl sites for hydroxylation is 2. The number of hydrogen-bond acceptors (Lipinski definition) is 3. The fraction of sp³-hybridized carbons (Fsp3) is 0.444. The molecule has 0 saturated heterocycles. The lowest BCUT2D eigenvalue weighted by molar-refractivity contribution is 0.632. The highest BCUT2D eigenvalue weighted by Gasteiger charge is 2.13. The molecule has 1 heterocycles. The van der Waals surface area contributed by atoms with Crippen molar-refractivity contribution in [2.45, 2.75) is 26.1 Å². The summed E-state index contributed by atoms with van der Waals surface area (Å²) in [7, 11) is 0. The molecule has 1 aromatic heterocycles. The van der Waals surface area contributed by atoms with E-state index in [-0.39, 0.29) is 11.1 Å². The molecule has 0 amide bonds. The van der Waals surface area contributed by atoms with Gasteiger partial charge < -0.3 is 11.5 Å². The monoisotopic (exact) mass is 274 g/mol. The van der Waals surface area contributed by atoms with Crippen LogP contribution < -0.4 is 11.5 Å². The normalized spacial score (nSPS) is 10.3. The lowest BCUT2D eigenvalue weighted by Gasteiger charge is -2.04. The Morgan fingerprint density at radius 2 is 2.24 bits per heavy atom. The van der Waals surface area contributed by atoms with Crippen molar-refractivity contribution in [3.8, 4) is 0 Å². The van der Waals surface area contributed by atoms with Crippen molar-refractivity contribution in [2.24, 2.45) is 16.5 Å². The number of thioether (sulfide) groups is 1. The van der Waals surface area contributed by atoms with E-state index in [0.29, 0.717) is 10.8 Å². The standard InChI is InChI=1S/C9H15ClN6S/c1-3-16-6(7(10)5(2)15-16)4-17-9(13)14-8(11)12/h3-4H2,1-2H3,(H5,11,12,13,14). The fourth-order valence-electron chi connectivity index (χ4n) is 1.29. The molecular formula is C9H15ClN6S. The zero-order chi connectivity index (χ0) is 13.0. The average Bonchev–Trinajstić information content (AvgIpc) is 2.51. The molecule has 0 spiro atoms. The van der Waals surface area contributed by atoms with Gasteiger partial charge in [0.05, 0.1) is 16.4 Å². The first-order chi connectivity index (χ1) is 7.95. The number of nitrogens with one attached hydrogen (secondary N) is 1. The lowest BCUT2D eigenvalue weighted by Crippen LogP contribution is -2.23. The minimum Gasteiger partial charge on any atom is -0.370 e. The molecule has 0 fully saturated rings. The van der Waals surface area contributed by atoms with Gasteiger partial charge in [0, 0.05) is 12.3 Å². The second-order valence-corrected chi connectivity index (χ2v) is 4.63. The summed E-state index contributed by atoms with van der Waals surface area (Å²) < 4.78 is 1.81. The van der Waals surface area contributed by atoms with Crippen molar-refractivity contribution in [3.63, 3.8) is 0 Å². The number of amidine groups is 1. The van der Waals surface area contributed by atoms with Crippen LogP contribution in [-0.4, -0.2) is 20.9 Å². The van der Waals surface area contributed by atoms with Crippen LogP contribution in [0, 0.1) is 12.3 Å². The summed E-state index contributed by atoms with van der Waals surface area (Å²) in [4.78, 5) is 3.63. The second-order valence-electron chi connectivity index (χ2n) is 3.29. The third-order valence-electron chi connectivity index (χ3n) is 2.03. The van der Waals surface area contributed by atoms with Crippen LogP contribution in [0.25, 0.3) is 0 Å². The van der Waals surface area contributed by atoms with Crippen molar-refractivity contribution < 1.29 is 0 Å². The van der Waals surface area contributed by atoms with Crippen molar-refractivity contribution >= 4 is 34.5 Å². The molecule has 0 atom stereocenters. The summed E-state index contributed by atoms with van der Waals surface area (Å²) in [5.74, 6) is 0.400. The Bertz CT molecular complexity index is 449. The Kier molecular flexibility index (Phi) is 4.83. The van der Waals surface area contributed by atoms with E-state index in [4.69, 9.17) is 28.5 Å². The van der Waals surface area contributed by atoms with Crippen molar-refractivity contribution in [3.05, 3.63) is 16.4 Å². The molecule has 0 aliphatic carbocycles. The lowest BCUT2D eigenvalue weighted by atomic mass is 10.4. The van der Waals surface area contributed by atoms with Gasteiger partial charge in [-0.1, -0.05) is 23.4 Å². The Morgan fingerprint density at radius 1 is 1.59 bits per heavy atom. The quantitative estimate of drug-likeness (QED) is 0.570. The van der Waals surface area contributed by atoms with Gasteiger partial charge in [0.15, 0.2) is 11.1 Å². The maximum absolute atomic E-state index is 7.52. The van der Waals surface area contributed by atoms with E-state index in [1.165, 1.54) is 11.8 Å². The average molecular weight is 275 g/mol. The molecule has 0 radical (unpaired) electrons. The van der Waals surface area contributed by atoms with E-state index in [1.54, 1.807) is 0 Å². The number of nitrogens with two attached hydrogens (primary N) is 2. The van der Waals surface area contributed by atoms with E-state index in [1.807, 2.05) is 18.5 Å². The van der Waals surface area contributed by atoms with Crippen LogP contribution in [0.15, 0.2) is 4.99 Å². The molecule has 1 aromatic rings. The van der Waals surface area contributed by atoms with E-state index in [9.17, 15) is 0 Å². The smallest absolute Gasteiger partial charge is 0.193 e. The summed E-state index contributed by atoms with van der Waals surface area (Å²) >= 11 is 7.33. The highest BCUT2D eigenvalue weighted by molar-refractivity contribution is 8.13. The van der Waals surface area contributed by atoms with Gasteiger partial charge in [-0.25, -0.2) is 0 Å².